The Hall–Kier alpha value is -1.24. The second-order valence-corrected chi connectivity index (χ2v) is 6.95. The number of imide groups is 1. The Labute approximate surface area is 135 Å². The highest BCUT2D eigenvalue weighted by Crippen LogP contribution is 2.17. The molecular formula is C15H25N3O3S. The molecule has 2 rings (SSSR count). The van der Waals surface area contributed by atoms with Gasteiger partial charge in [0.2, 0.25) is 5.91 Å². The van der Waals surface area contributed by atoms with Crippen LogP contribution < -0.4 is 10.6 Å². The van der Waals surface area contributed by atoms with E-state index in [1.54, 1.807) is 11.8 Å². The van der Waals surface area contributed by atoms with Gasteiger partial charge in [-0.3, -0.25) is 14.5 Å². The zero-order valence-electron chi connectivity index (χ0n) is 13.1. The first-order valence-corrected chi connectivity index (χ1v) is 9.41. The number of hydrogen-bond acceptors (Lipinski definition) is 4. The highest BCUT2D eigenvalue weighted by Gasteiger charge is 2.38. The van der Waals surface area contributed by atoms with Gasteiger partial charge in [-0.1, -0.05) is 25.7 Å². The second-order valence-electron chi connectivity index (χ2n) is 5.96. The van der Waals surface area contributed by atoms with Gasteiger partial charge in [-0.2, -0.15) is 11.8 Å². The summed E-state index contributed by atoms with van der Waals surface area (Å²) in [5.74, 6) is 0.287. The van der Waals surface area contributed by atoms with Crippen molar-refractivity contribution in [2.45, 2.75) is 57.0 Å². The van der Waals surface area contributed by atoms with Crippen LogP contribution in [0.1, 0.15) is 44.9 Å². The van der Waals surface area contributed by atoms with Crippen LogP contribution in [0.4, 0.5) is 4.79 Å². The van der Waals surface area contributed by atoms with Crippen LogP contribution >= 0.6 is 11.8 Å². The second kappa shape index (κ2) is 8.41. The fraction of sp³-hybridized carbons (Fsp3) is 0.800. The van der Waals surface area contributed by atoms with Crippen molar-refractivity contribution < 1.29 is 14.4 Å². The largest absolute Gasteiger partial charge is 0.352 e. The quantitative estimate of drug-likeness (QED) is 0.572. The Bertz CT molecular complexity index is 422. The molecule has 6 nitrogen and oxygen atoms in total. The van der Waals surface area contributed by atoms with Gasteiger partial charge in [0.15, 0.2) is 0 Å². The van der Waals surface area contributed by atoms with E-state index in [0.29, 0.717) is 6.42 Å². The van der Waals surface area contributed by atoms with Crippen LogP contribution in [0, 0.1) is 0 Å². The highest BCUT2D eigenvalue weighted by atomic mass is 32.2. The fourth-order valence-electron chi connectivity index (χ4n) is 3.00. The zero-order chi connectivity index (χ0) is 15.9. The van der Waals surface area contributed by atoms with Gasteiger partial charge in [-0.05, 0) is 31.3 Å². The minimum atomic E-state index is -0.481. The lowest BCUT2D eigenvalue weighted by atomic mass is 10.1. The number of nitrogens with zero attached hydrogens (tertiary/aromatic N) is 1. The topological polar surface area (TPSA) is 78.5 Å². The fourth-order valence-corrected chi connectivity index (χ4v) is 3.47. The molecule has 1 unspecified atom stereocenters. The summed E-state index contributed by atoms with van der Waals surface area (Å²) < 4.78 is 0. The summed E-state index contributed by atoms with van der Waals surface area (Å²) in [4.78, 5) is 37.1. The predicted octanol–water partition coefficient (Wildman–Crippen LogP) is 1.50. The maximum atomic E-state index is 12.2. The summed E-state index contributed by atoms with van der Waals surface area (Å²) in [7, 11) is 0. The van der Waals surface area contributed by atoms with E-state index < -0.39 is 12.1 Å². The molecule has 0 aromatic carbocycles. The number of hydrogen-bond donors (Lipinski definition) is 2. The molecule has 7 heteroatoms. The monoisotopic (exact) mass is 327 g/mol. The molecule has 0 spiro atoms. The van der Waals surface area contributed by atoms with Crippen molar-refractivity contribution >= 4 is 29.6 Å². The minimum absolute atomic E-state index is 0.170. The molecule has 1 atom stereocenters. The van der Waals surface area contributed by atoms with Crippen molar-refractivity contribution in [1.82, 2.24) is 15.5 Å². The number of amides is 4. The molecule has 22 heavy (non-hydrogen) atoms. The average molecular weight is 327 g/mol. The Morgan fingerprint density at radius 2 is 1.95 bits per heavy atom. The molecule has 2 fully saturated rings. The number of carbonyl (C=O) groups is 3. The van der Waals surface area contributed by atoms with Crippen LogP contribution in [0.5, 0.6) is 0 Å². The van der Waals surface area contributed by atoms with Crippen LogP contribution in [0.25, 0.3) is 0 Å². The van der Waals surface area contributed by atoms with Gasteiger partial charge in [0.25, 0.3) is 5.91 Å². The molecule has 1 heterocycles. The van der Waals surface area contributed by atoms with E-state index >= 15 is 0 Å². The van der Waals surface area contributed by atoms with Crippen LogP contribution in [0.2, 0.25) is 0 Å². The first-order valence-electron chi connectivity index (χ1n) is 8.02. The summed E-state index contributed by atoms with van der Waals surface area (Å²) in [6.45, 7) is -0.170. The zero-order valence-corrected chi connectivity index (χ0v) is 13.9. The smallest absolute Gasteiger partial charge is 0.325 e. The lowest BCUT2D eigenvalue weighted by Crippen LogP contribution is -2.44. The van der Waals surface area contributed by atoms with Crippen LogP contribution in [-0.4, -0.2) is 53.4 Å². The third-order valence-corrected chi connectivity index (χ3v) is 4.88. The average Bonchev–Trinajstić information content (AvgIpc) is 2.70. The molecule has 0 bridgehead atoms. The number of rotatable bonds is 6. The number of carbonyl (C=O) groups excluding carboxylic acids is 3. The summed E-state index contributed by atoms with van der Waals surface area (Å²) in [5.41, 5.74) is 0. The molecule has 1 saturated heterocycles. The van der Waals surface area contributed by atoms with Gasteiger partial charge in [0, 0.05) is 6.04 Å². The van der Waals surface area contributed by atoms with Crippen molar-refractivity contribution in [2.75, 3.05) is 18.6 Å². The normalized spacial score (nSPS) is 23.3. The maximum absolute atomic E-state index is 12.2. The van der Waals surface area contributed by atoms with E-state index in [4.69, 9.17) is 0 Å². The Morgan fingerprint density at radius 3 is 2.59 bits per heavy atom. The van der Waals surface area contributed by atoms with E-state index in [-0.39, 0.29) is 24.4 Å². The number of nitrogens with one attached hydrogen (secondary N) is 2. The van der Waals surface area contributed by atoms with Crippen molar-refractivity contribution in [3.05, 3.63) is 0 Å². The van der Waals surface area contributed by atoms with Gasteiger partial charge in [-0.25, -0.2) is 4.79 Å². The van der Waals surface area contributed by atoms with Crippen molar-refractivity contribution in [3.63, 3.8) is 0 Å². The van der Waals surface area contributed by atoms with Crippen LogP contribution in [0.15, 0.2) is 0 Å². The van der Waals surface area contributed by atoms with Gasteiger partial charge in [-0.15, -0.1) is 0 Å². The first-order chi connectivity index (χ1) is 10.6. The third-order valence-electron chi connectivity index (χ3n) is 4.24. The van der Waals surface area contributed by atoms with Gasteiger partial charge >= 0.3 is 6.03 Å². The maximum Gasteiger partial charge on any atom is 0.325 e. The summed E-state index contributed by atoms with van der Waals surface area (Å²) in [6.07, 6.45) is 9.23. The Kier molecular flexibility index (Phi) is 6.54. The van der Waals surface area contributed by atoms with Crippen LogP contribution in [-0.2, 0) is 9.59 Å². The summed E-state index contributed by atoms with van der Waals surface area (Å²) in [5, 5.41) is 5.62. The third kappa shape index (κ3) is 4.63. The Balaban J connectivity index is 1.82. The van der Waals surface area contributed by atoms with E-state index in [0.717, 1.165) is 36.3 Å². The molecular weight excluding hydrogens is 302 g/mol. The van der Waals surface area contributed by atoms with E-state index in [2.05, 4.69) is 10.6 Å². The van der Waals surface area contributed by atoms with Crippen LogP contribution in [0.3, 0.4) is 0 Å². The van der Waals surface area contributed by atoms with Gasteiger partial charge in [0.1, 0.15) is 12.6 Å². The molecule has 1 aliphatic carbocycles. The van der Waals surface area contributed by atoms with E-state index in [1.165, 1.54) is 12.8 Å². The molecule has 0 aromatic rings. The van der Waals surface area contributed by atoms with Crippen molar-refractivity contribution in [3.8, 4) is 0 Å². The predicted molar refractivity (Wildman–Crippen MR) is 86.7 cm³/mol. The molecule has 0 radical (unpaired) electrons. The summed E-state index contributed by atoms with van der Waals surface area (Å²) in [6, 6.07) is -0.749. The molecule has 124 valence electrons. The SMILES string of the molecule is CSCCC1NC(=O)N(CC(=O)NC2CCCCCC2)C1=O. The lowest BCUT2D eigenvalue weighted by Gasteiger charge is -2.18. The number of thioether (sulfide) groups is 1. The molecule has 1 saturated carbocycles. The van der Waals surface area contributed by atoms with E-state index in [9.17, 15) is 14.4 Å². The lowest BCUT2D eigenvalue weighted by molar-refractivity contribution is -0.132. The molecule has 2 aliphatic rings. The molecule has 0 aromatic heterocycles. The standard InChI is InChI=1S/C15H25N3O3S/c1-22-9-8-12-14(20)18(15(21)17-12)10-13(19)16-11-6-4-2-3-5-7-11/h11-12H,2-10H2,1H3,(H,16,19)(H,17,21). The first kappa shape index (κ1) is 17.1. The minimum Gasteiger partial charge on any atom is -0.352 e. The molecule has 1 aliphatic heterocycles. The highest BCUT2D eigenvalue weighted by molar-refractivity contribution is 7.98. The molecule has 4 amide bonds. The van der Waals surface area contributed by atoms with Gasteiger partial charge < -0.3 is 10.6 Å². The van der Waals surface area contributed by atoms with Gasteiger partial charge in [0.05, 0.1) is 0 Å². The van der Waals surface area contributed by atoms with E-state index in [1.807, 2.05) is 6.26 Å². The summed E-state index contributed by atoms with van der Waals surface area (Å²) >= 11 is 1.63. The Morgan fingerprint density at radius 1 is 1.27 bits per heavy atom. The molecule has 2 N–H and O–H groups in total. The van der Waals surface area contributed by atoms with Crippen molar-refractivity contribution in [1.29, 1.82) is 0 Å². The van der Waals surface area contributed by atoms with Crippen molar-refractivity contribution in [2.24, 2.45) is 0 Å². The number of urea groups is 1.